The number of hydrogen-bond donors (Lipinski definition) is 0. The van der Waals surface area contributed by atoms with E-state index in [1.807, 2.05) is 12.1 Å². The Balaban J connectivity index is 1.80. The average molecular weight is 314 g/mol. The second kappa shape index (κ2) is 5.71. The van der Waals surface area contributed by atoms with Crippen LogP contribution >= 0.6 is 11.8 Å². The highest BCUT2D eigenvalue weighted by molar-refractivity contribution is 8.00. The van der Waals surface area contributed by atoms with Crippen molar-refractivity contribution in [3.8, 4) is 11.4 Å². The maximum atomic E-state index is 12.5. The summed E-state index contributed by atoms with van der Waals surface area (Å²) in [5.41, 5.74) is 0.539. The number of benzene rings is 1. The van der Waals surface area contributed by atoms with Gasteiger partial charge in [-0.1, -0.05) is 30.1 Å². The van der Waals surface area contributed by atoms with Crippen LogP contribution in [0.5, 0.6) is 0 Å². The Hall–Kier alpha value is -1.50. The first-order valence-electron chi connectivity index (χ1n) is 6.70. The van der Waals surface area contributed by atoms with Crippen LogP contribution in [0.2, 0.25) is 0 Å². The van der Waals surface area contributed by atoms with Crippen molar-refractivity contribution in [3.63, 3.8) is 0 Å². The minimum Gasteiger partial charge on any atom is -0.329 e. The second-order valence-electron chi connectivity index (χ2n) is 4.97. The summed E-state index contributed by atoms with van der Waals surface area (Å²) in [6.07, 6.45) is 0.264. The smallest absolute Gasteiger partial charge is 0.329 e. The van der Waals surface area contributed by atoms with Gasteiger partial charge in [-0.2, -0.15) is 18.2 Å². The molecule has 0 saturated heterocycles. The van der Waals surface area contributed by atoms with Crippen LogP contribution in [0, 0.1) is 0 Å². The van der Waals surface area contributed by atoms with Gasteiger partial charge in [0.15, 0.2) is 0 Å². The third kappa shape index (κ3) is 3.40. The minimum atomic E-state index is -4.61. The summed E-state index contributed by atoms with van der Waals surface area (Å²) >= 11 is 1.76. The van der Waals surface area contributed by atoms with Crippen LogP contribution in [-0.2, 0) is 6.18 Å². The largest absolute Gasteiger partial charge is 0.471 e. The molecule has 0 radical (unpaired) electrons. The van der Waals surface area contributed by atoms with Crippen molar-refractivity contribution >= 4 is 11.8 Å². The molecular formula is C14H13F3N2OS. The maximum absolute atomic E-state index is 12.5. The molecule has 0 aliphatic heterocycles. The third-order valence-corrected chi connectivity index (χ3v) is 4.70. The molecular weight excluding hydrogens is 301 g/mol. The molecule has 3 rings (SSSR count). The molecule has 112 valence electrons. The molecule has 1 aliphatic carbocycles. The van der Waals surface area contributed by atoms with E-state index in [1.54, 1.807) is 23.9 Å². The molecule has 1 heterocycles. The van der Waals surface area contributed by atoms with Gasteiger partial charge in [0.25, 0.3) is 0 Å². The molecule has 1 saturated carbocycles. The first-order valence-corrected chi connectivity index (χ1v) is 7.58. The predicted molar refractivity (Wildman–Crippen MR) is 72.8 cm³/mol. The van der Waals surface area contributed by atoms with Gasteiger partial charge in [-0.15, -0.1) is 11.8 Å². The lowest BCUT2D eigenvalue weighted by Crippen LogP contribution is -2.04. The van der Waals surface area contributed by atoms with Crippen molar-refractivity contribution in [2.75, 3.05) is 0 Å². The van der Waals surface area contributed by atoms with Crippen molar-refractivity contribution in [2.45, 2.75) is 42.0 Å². The standard InChI is InChI=1S/C14H13F3N2OS/c15-14(16,17)13-18-12(19-20-13)9-4-3-7-11(8-9)21-10-5-1-2-6-10/h3-4,7-8,10H,1-2,5-6H2. The molecule has 1 aromatic carbocycles. The zero-order valence-electron chi connectivity index (χ0n) is 11.1. The predicted octanol–water partition coefficient (Wildman–Crippen LogP) is 4.79. The van der Waals surface area contributed by atoms with Crippen LogP contribution in [-0.4, -0.2) is 15.4 Å². The van der Waals surface area contributed by atoms with E-state index in [4.69, 9.17) is 0 Å². The number of halogens is 3. The second-order valence-corrected chi connectivity index (χ2v) is 6.35. The zero-order valence-corrected chi connectivity index (χ0v) is 11.9. The summed E-state index contributed by atoms with van der Waals surface area (Å²) in [5.74, 6) is -1.34. The number of thioether (sulfide) groups is 1. The highest BCUT2D eigenvalue weighted by atomic mass is 32.2. The van der Waals surface area contributed by atoms with E-state index in [0.717, 1.165) is 4.90 Å². The van der Waals surface area contributed by atoms with Gasteiger partial charge in [-0.25, -0.2) is 0 Å². The third-order valence-electron chi connectivity index (χ3n) is 3.37. The van der Waals surface area contributed by atoms with Crippen LogP contribution < -0.4 is 0 Å². The van der Waals surface area contributed by atoms with E-state index in [9.17, 15) is 13.2 Å². The fourth-order valence-electron chi connectivity index (χ4n) is 2.36. The zero-order chi connectivity index (χ0) is 14.9. The van der Waals surface area contributed by atoms with Crippen LogP contribution in [0.4, 0.5) is 13.2 Å². The van der Waals surface area contributed by atoms with Crippen molar-refractivity contribution in [1.29, 1.82) is 0 Å². The van der Waals surface area contributed by atoms with E-state index < -0.39 is 12.1 Å². The molecule has 2 aromatic rings. The number of rotatable bonds is 3. The molecule has 7 heteroatoms. The molecule has 1 fully saturated rings. The summed E-state index contributed by atoms with van der Waals surface area (Å²) < 4.78 is 41.7. The Morgan fingerprint density at radius 1 is 1.19 bits per heavy atom. The summed E-state index contributed by atoms with van der Waals surface area (Å²) in [6.45, 7) is 0. The molecule has 0 spiro atoms. The SMILES string of the molecule is FC(F)(F)c1nc(-c2cccc(SC3CCCC3)c2)no1. The highest BCUT2D eigenvalue weighted by Gasteiger charge is 2.38. The highest BCUT2D eigenvalue weighted by Crippen LogP contribution is 2.36. The van der Waals surface area contributed by atoms with Crippen molar-refractivity contribution < 1.29 is 17.7 Å². The van der Waals surface area contributed by atoms with Gasteiger partial charge in [0, 0.05) is 15.7 Å². The van der Waals surface area contributed by atoms with Crippen LogP contribution in [0.25, 0.3) is 11.4 Å². The molecule has 0 atom stereocenters. The van der Waals surface area contributed by atoms with Crippen molar-refractivity contribution in [3.05, 3.63) is 30.2 Å². The Bertz CT molecular complexity index is 621. The Morgan fingerprint density at radius 3 is 2.62 bits per heavy atom. The molecule has 0 N–H and O–H groups in total. The van der Waals surface area contributed by atoms with Crippen molar-refractivity contribution in [1.82, 2.24) is 10.1 Å². The maximum Gasteiger partial charge on any atom is 0.471 e. The molecule has 0 unspecified atom stereocenters. The summed E-state index contributed by atoms with van der Waals surface area (Å²) in [6, 6.07) is 7.26. The summed E-state index contributed by atoms with van der Waals surface area (Å²) in [7, 11) is 0. The first-order chi connectivity index (χ1) is 10.0. The Morgan fingerprint density at radius 2 is 1.95 bits per heavy atom. The topological polar surface area (TPSA) is 38.9 Å². The molecule has 0 amide bonds. The lowest BCUT2D eigenvalue weighted by Gasteiger charge is -2.08. The van der Waals surface area contributed by atoms with E-state index in [1.165, 1.54) is 25.7 Å². The molecule has 0 bridgehead atoms. The molecule has 1 aromatic heterocycles. The van der Waals surface area contributed by atoms with E-state index in [2.05, 4.69) is 14.7 Å². The van der Waals surface area contributed by atoms with E-state index in [0.29, 0.717) is 10.8 Å². The van der Waals surface area contributed by atoms with Gasteiger partial charge in [-0.3, -0.25) is 0 Å². The van der Waals surface area contributed by atoms with Crippen LogP contribution in [0.1, 0.15) is 31.6 Å². The minimum absolute atomic E-state index is 0.0313. The summed E-state index contributed by atoms with van der Waals surface area (Å²) in [4.78, 5) is 4.44. The number of nitrogens with zero attached hydrogens (tertiary/aromatic N) is 2. The van der Waals surface area contributed by atoms with Gasteiger partial charge < -0.3 is 4.52 Å². The fraction of sp³-hybridized carbons (Fsp3) is 0.429. The number of aromatic nitrogens is 2. The summed E-state index contributed by atoms with van der Waals surface area (Å²) in [5, 5.41) is 4.00. The first kappa shape index (κ1) is 14.4. The van der Waals surface area contributed by atoms with Gasteiger partial charge in [0.05, 0.1) is 0 Å². The Labute approximate surface area is 123 Å². The van der Waals surface area contributed by atoms with Gasteiger partial charge in [-0.05, 0) is 25.0 Å². The average Bonchev–Trinajstić information content (AvgIpc) is 3.09. The monoisotopic (exact) mass is 314 g/mol. The van der Waals surface area contributed by atoms with Crippen LogP contribution in [0.3, 0.4) is 0 Å². The van der Waals surface area contributed by atoms with Gasteiger partial charge in [0.2, 0.25) is 5.82 Å². The van der Waals surface area contributed by atoms with Crippen LogP contribution in [0.15, 0.2) is 33.7 Å². The lowest BCUT2D eigenvalue weighted by atomic mass is 10.2. The number of alkyl halides is 3. The quantitative estimate of drug-likeness (QED) is 0.816. The molecule has 3 nitrogen and oxygen atoms in total. The number of hydrogen-bond acceptors (Lipinski definition) is 4. The van der Waals surface area contributed by atoms with E-state index in [-0.39, 0.29) is 5.82 Å². The Kier molecular flexibility index (Phi) is 3.93. The van der Waals surface area contributed by atoms with E-state index >= 15 is 0 Å². The molecule has 21 heavy (non-hydrogen) atoms. The normalized spacial score (nSPS) is 16.5. The van der Waals surface area contributed by atoms with Gasteiger partial charge in [0.1, 0.15) is 0 Å². The lowest BCUT2D eigenvalue weighted by molar-refractivity contribution is -0.159. The molecule has 1 aliphatic rings. The van der Waals surface area contributed by atoms with Crippen molar-refractivity contribution in [2.24, 2.45) is 0 Å². The van der Waals surface area contributed by atoms with Gasteiger partial charge >= 0.3 is 12.1 Å². The fourth-order valence-corrected chi connectivity index (χ4v) is 3.67.